The van der Waals surface area contributed by atoms with Gasteiger partial charge in [0.2, 0.25) is 0 Å². The first-order valence-corrected chi connectivity index (χ1v) is 11.8. The molecule has 0 saturated carbocycles. The zero-order valence-corrected chi connectivity index (χ0v) is 17.0. The smallest absolute Gasteiger partial charge is 0.255 e. The van der Waals surface area contributed by atoms with E-state index in [0.717, 1.165) is 56.6 Å². The Bertz CT molecular complexity index is 983. The summed E-state index contributed by atoms with van der Waals surface area (Å²) < 4.78 is 26.4. The molecular formula is C20H26N4O3S. The molecule has 0 spiro atoms. The van der Waals surface area contributed by atoms with Crippen LogP contribution in [0.3, 0.4) is 0 Å². The first kappa shape index (κ1) is 19.1. The number of carbonyl (C=O) groups is 1. The zero-order valence-electron chi connectivity index (χ0n) is 16.2. The molecule has 2 aliphatic heterocycles. The van der Waals surface area contributed by atoms with Crippen LogP contribution in [0, 0.1) is 0 Å². The summed E-state index contributed by atoms with van der Waals surface area (Å²) in [6.07, 6.45) is 7.44. The number of fused-ring (bicyclic) bond motifs is 1. The van der Waals surface area contributed by atoms with Crippen molar-refractivity contribution >= 4 is 15.7 Å². The van der Waals surface area contributed by atoms with Crippen molar-refractivity contribution in [1.82, 2.24) is 19.7 Å². The highest BCUT2D eigenvalue weighted by atomic mass is 32.2. The van der Waals surface area contributed by atoms with Crippen LogP contribution in [-0.4, -0.2) is 53.3 Å². The van der Waals surface area contributed by atoms with Crippen molar-refractivity contribution in [3.05, 3.63) is 41.5 Å². The summed E-state index contributed by atoms with van der Waals surface area (Å²) in [7, 11) is -3.46. The molecule has 4 rings (SSSR count). The van der Waals surface area contributed by atoms with Crippen LogP contribution >= 0.6 is 0 Å². The Kier molecular flexibility index (Phi) is 5.23. The molecule has 150 valence electrons. The van der Waals surface area contributed by atoms with Crippen molar-refractivity contribution in [1.29, 1.82) is 0 Å². The van der Waals surface area contributed by atoms with Crippen LogP contribution in [0.1, 0.15) is 60.0 Å². The Morgan fingerprint density at radius 2 is 1.89 bits per heavy atom. The topological polar surface area (TPSA) is 85.2 Å². The van der Waals surface area contributed by atoms with Gasteiger partial charge >= 0.3 is 0 Å². The van der Waals surface area contributed by atoms with Gasteiger partial charge in [0.25, 0.3) is 5.91 Å². The van der Waals surface area contributed by atoms with Gasteiger partial charge in [-0.15, -0.1) is 10.2 Å². The fraction of sp³-hybridized carbons (Fsp3) is 0.550. The van der Waals surface area contributed by atoms with Gasteiger partial charge in [0.1, 0.15) is 11.6 Å². The third-order valence-corrected chi connectivity index (χ3v) is 6.88. The molecule has 0 N–H and O–H groups in total. The van der Waals surface area contributed by atoms with Gasteiger partial charge in [-0.2, -0.15) is 0 Å². The second kappa shape index (κ2) is 7.66. The molecule has 1 amide bonds. The maximum atomic E-state index is 13.1. The van der Waals surface area contributed by atoms with Crippen molar-refractivity contribution < 1.29 is 13.2 Å². The van der Waals surface area contributed by atoms with Crippen LogP contribution in [0.15, 0.2) is 29.2 Å². The van der Waals surface area contributed by atoms with Crippen molar-refractivity contribution in [2.24, 2.45) is 0 Å². The van der Waals surface area contributed by atoms with Crippen LogP contribution in [0.4, 0.5) is 0 Å². The van der Waals surface area contributed by atoms with Gasteiger partial charge in [0, 0.05) is 38.2 Å². The van der Waals surface area contributed by atoms with E-state index in [1.54, 1.807) is 23.1 Å². The van der Waals surface area contributed by atoms with E-state index in [4.69, 9.17) is 0 Å². The minimum Gasteiger partial charge on any atom is -0.338 e. The Morgan fingerprint density at radius 3 is 2.71 bits per heavy atom. The van der Waals surface area contributed by atoms with Gasteiger partial charge in [-0.25, -0.2) is 8.42 Å². The van der Waals surface area contributed by atoms with Crippen LogP contribution < -0.4 is 0 Å². The van der Waals surface area contributed by atoms with E-state index in [1.165, 1.54) is 12.5 Å². The molecule has 1 atom stereocenters. The number of carbonyl (C=O) groups excluding carboxylic acids is 1. The maximum absolute atomic E-state index is 13.1. The van der Waals surface area contributed by atoms with Crippen LogP contribution in [0.25, 0.3) is 0 Å². The molecule has 1 aromatic heterocycles. The largest absolute Gasteiger partial charge is 0.338 e. The third kappa shape index (κ3) is 3.70. The number of piperidine rings is 1. The van der Waals surface area contributed by atoms with Crippen LogP contribution in [0.2, 0.25) is 0 Å². The van der Waals surface area contributed by atoms with Gasteiger partial charge in [-0.3, -0.25) is 4.79 Å². The monoisotopic (exact) mass is 402 g/mol. The fourth-order valence-electron chi connectivity index (χ4n) is 4.32. The molecular weight excluding hydrogens is 376 g/mol. The molecule has 3 heterocycles. The molecule has 2 aliphatic rings. The summed E-state index contributed by atoms with van der Waals surface area (Å²) >= 11 is 0. The Balaban J connectivity index is 1.59. The lowest BCUT2D eigenvalue weighted by atomic mass is 9.96. The van der Waals surface area contributed by atoms with E-state index in [1.807, 2.05) is 0 Å². The first-order valence-electron chi connectivity index (χ1n) is 9.95. The number of nitrogens with zero attached hydrogens (tertiary/aromatic N) is 4. The molecule has 8 heteroatoms. The zero-order chi connectivity index (χ0) is 19.7. The SMILES string of the molecule is CS(=O)(=O)c1ccccc1C(=O)N1CCC[C@H](c2nnc3n2CCCCC3)C1. The van der Waals surface area contributed by atoms with Gasteiger partial charge in [0.05, 0.1) is 10.5 Å². The first-order chi connectivity index (χ1) is 13.4. The number of hydrogen-bond acceptors (Lipinski definition) is 5. The maximum Gasteiger partial charge on any atom is 0.255 e. The van der Waals surface area contributed by atoms with Crippen molar-refractivity contribution in [3.63, 3.8) is 0 Å². The summed E-state index contributed by atoms with van der Waals surface area (Å²) in [5.41, 5.74) is 0.255. The molecule has 0 unspecified atom stereocenters. The van der Waals surface area contributed by atoms with E-state index in [-0.39, 0.29) is 22.3 Å². The van der Waals surface area contributed by atoms with Crippen LogP contribution in [-0.2, 0) is 22.8 Å². The Labute approximate surface area is 165 Å². The molecule has 7 nitrogen and oxygen atoms in total. The number of hydrogen-bond donors (Lipinski definition) is 0. The number of rotatable bonds is 3. The van der Waals surface area contributed by atoms with Crippen molar-refractivity contribution in [3.8, 4) is 0 Å². The summed E-state index contributed by atoms with van der Waals surface area (Å²) in [5, 5.41) is 8.86. The number of aromatic nitrogens is 3. The predicted octanol–water partition coefficient (Wildman–Crippen LogP) is 2.43. The van der Waals surface area contributed by atoms with E-state index in [2.05, 4.69) is 14.8 Å². The number of likely N-dealkylation sites (tertiary alicyclic amines) is 1. The predicted molar refractivity (Wildman–Crippen MR) is 105 cm³/mol. The van der Waals surface area contributed by atoms with E-state index in [0.29, 0.717) is 13.1 Å². The highest BCUT2D eigenvalue weighted by molar-refractivity contribution is 7.90. The van der Waals surface area contributed by atoms with E-state index in [9.17, 15) is 13.2 Å². The summed E-state index contributed by atoms with van der Waals surface area (Å²) in [5.74, 6) is 1.95. The van der Waals surface area contributed by atoms with Gasteiger partial charge in [-0.1, -0.05) is 18.6 Å². The Morgan fingerprint density at radius 1 is 1.07 bits per heavy atom. The third-order valence-electron chi connectivity index (χ3n) is 5.73. The van der Waals surface area contributed by atoms with Crippen molar-refractivity contribution in [2.75, 3.05) is 19.3 Å². The summed E-state index contributed by atoms with van der Waals surface area (Å²) in [6, 6.07) is 6.47. The summed E-state index contributed by atoms with van der Waals surface area (Å²) in [6.45, 7) is 2.13. The highest BCUT2D eigenvalue weighted by Crippen LogP contribution is 2.29. The minimum atomic E-state index is -3.46. The molecule has 0 radical (unpaired) electrons. The standard InChI is InChI=1S/C20H26N4O3S/c1-28(26,27)17-10-5-4-9-16(17)20(25)23-12-7-8-15(14-23)19-22-21-18-11-3-2-6-13-24(18)19/h4-5,9-10,15H,2-3,6-8,11-14H2,1H3/t15-/m0/s1. The second-order valence-electron chi connectivity index (χ2n) is 7.80. The van der Waals surface area contributed by atoms with Crippen LogP contribution in [0.5, 0.6) is 0 Å². The average Bonchev–Trinajstić information content (AvgIpc) is 2.95. The molecule has 0 aliphatic carbocycles. The average molecular weight is 403 g/mol. The second-order valence-corrected chi connectivity index (χ2v) is 9.78. The number of amides is 1. The molecule has 28 heavy (non-hydrogen) atoms. The number of benzene rings is 1. The van der Waals surface area contributed by atoms with E-state index < -0.39 is 9.84 Å². The lowest BCUT2D eigenvalue weighted by Crippen LogP contribution is -2.40. The van der Waals surface area contributed by atoms with Gasteiger partial charge < -0.3 is 9.47 Å². The quantitative estimate of drug-likeness (QED) is 0.787. The molecule has 1 fully saturated rings. The number of aryl methyl sites for hydroxylation is 1. The molecule has 1 saturated heterocycles. The number of sulfone groups is 1. The summed E-state index contributed by atoms with van der Waals surface area (Å²) in [4.78, 5) is 15.0. The molecule has 1 aromatic carbocycles. The fourth-order valence-corrected chi connectivity index (χ4v) is 5.20. The van der Waals surface area contributed by atoms with Gasteiger partial charge in [0.15, 0.2) is 9.84 Å². The minimum absolute atomic E-state index is 0.0958. The molecule has 2 aromatic rings. The van der Waals surface area contributed by atoms with E-state index >= 15 is 0 Å². The van der Waals surface area contributed by atoms with Gasteiger partial charge in [-0.05, 0) is 37.8 Å². The normalized spacial score (nSPS) is 20.5. The van der Waals surface area contributed by atoms with Crippen molar-refractivity contribution in [2.45, 2.75) is 55.9 Å². The molecule has 0 bridgehead atoms. The lowest BCUT2D eigenvalue weighted by Gasteiger charge is -2.33. The lowest BCUT2D eigenvalue weighted by molar-refractivity contribution is 0.0699. The Hall–Kier alpha value is -2.22. The highest BCUT2D eigenvalue weighted by Gasteiger charge is 2.31.